The Kier molecular flexibility index (Phi) is 5.07. The fraction of sp³-hybridized carbons (Fsp3) is 0.500. The van der Waals surface area contributed by atoms with Crippen LogP contribution >= 0.6 is 11.8 Å². The smallest absolute Gasteiger partial charge is 0.289 e. The minimum atomic E-state index is -3.86. The molecule has 0 aliphatic carbocycles. The summed E-state index contributed by atoms with van der Waals surface area (Å²) < 4.78 is 26.8. The number of nitrogens with zero attached hydrogens (tertiary/aromatic N) is 2. The topological polar surface area (TPSA) is 92.5 Å². The second-order valence-corrected chi connectivity index (χ2v) is 7.69. The lowest BCUT2D eigenvalue weighted by atomic mass is 10.3. The van der Waals surface area contributed by atoms with Crippen molar-refractivity contribution in [1.29, 1.82) is 0 Å². The van der Waals surface area contributed by atoms with Crippen LogP contribution in [-0.4, -0.2) is 49.3 Å². The van der Waals surface area contributed by atoms with E-state index in [0.717, 1.165) is 12.2 Å². The molecule has 1 aliphatic rings. The lowest BCUT2D eigenvalue weighted by Gasteiger charge is -2.19. The number of nitrogens with one attached hydrogen (secondary N) is 1. The van der Waals surface area contributed by atoms with Crippen molar-refractivity contribution in [3.05, 3.63) is 28.3 Å². The van der Waals surface area contributed by atoms with Gasteiger partial charge in [-0.2, -0.15) is 16.1 Å². The van der Waals surface area contributed by atoms with Crippen LogP contribution in [0.2, 0.25) is 0 Å². The number of sulfonamides is 1. The first kappa shape index (κ1) is 16.1. The van der Waals surface area contributed by atoms with E-state index in [0.29, 0.717) is 24.5 Å². The summed E-state index contributed by atoms with van der Waals surface area (Å²) >= 11 is 1.70. The van der Waals surface area contributed by atoms with Crippen LogP contribution in [0.25, 0.3) is 0 Å². The summed E-state index contributed by atoms with van der Waals surface area (Å²) in [5.41, 5.74) is 0.147. The van der Waals surface area contributed by atoms with Crippen molar-refractivity contribution in [3.8, 4) is 0 Å². The number of nitro groups is 1. The number of nitro benzene ring substituents is 1. The van der Waals surface area contributed by atoms with E-state index in [-0.39, 0.29) is 10.6 Å². The van der Waals surface area contributed by atoms with Crippen molar-refractivity contribution < 1.29 is 13.3 Å². The van der Waals surface area contributed by atoms with Gasteiger partial charge in [0.05, 0.1) is 4.92 Å². The van der Waals surface area contributed by atoms with E-state index in [4.69, 9.17) is 0 Å². The highest BCUT2D eigenvalue weighted by Crippen LogP contribution is 2.30. The Bertz CT molecular complexity index is 625. The average Bonchev–Trinajstić information content (AvgIpc) is 2.76. The van der Waals surface area contributed by atoms with Crippen LogP contribution in [0.15, 0.2) is 23.1 Å². The standard InChI is InChI=1S/C12H17N3O4S2/c1-13-10-3-4-11(15(16)17)12(9-10)21(18,19)14-5-2-7-20-8-6-14/h3-4,9,13H,2,5-8H2,1H3. The predicted octanol–water partition coefficient (Wildman–Crippen LogP) is 1.76. The van der Waals surface area contributed by atoms with Gasteiger partial charge in [0.2, 0.25) is 10.0 Å². The molecule has 116 valence electrons. The fourth-order valence-electron chi connectivity index (χ4n) is 2.13. The zero-order valence-corrected chi connectivity index (χ0v) is 13.2. The highest BCUT2D eigenvalue weighted by molar-refractivity contribution is 7.99. The number of benzene rings is 1. The van der Waals surface area contributed by atoms with Crippen LogP contribution in [0.4, 0.5) is 11.4 Å². The van der Waals surface area contributed by atoms with E-state index in [1.807, 2.05) is 0 Å². The minimum absolute atomic E-state index is 0.244. The average molecular weight is 331 g/mol. The van der Waals surface area contributed by atoms with Crippen molar-refractivity contribution in [2.24, 2.45) is 0 Å². The van der Waals surface area contributed by atoms with Gasteiger partial charge < -0.3 is 5.32 Å². The SMILES string of the molecule is CNc1ccc([N+](=O)[O-])c(S(=O)(=O)N2CCCSCC2)c1. The number of rotatable bonds is 4. The summed E-state index contributed by atoms with van der Waals surface area (Å²) in [6, 6.07) is 4.05. The van der Waals surface area contributed by atoms with Crippen molar-refractivity contribution in [2.75, 3.05) is 37.0 Å². The molecule has 1 aliphatic heterocycles. The van der Waals surface area contributed by atoms with Gasteiger partial charge in [-0.3, -0.25) is 10.1 Å². The third-order valence-corrected chi connectivity index (χ3v) is 6.22. The monoisotopic (exact) mass is 331 g/mol. The second-order valence-electron chi connectivity index (χ2n) is 4.56. The summed E-state index contributed by atoms with van der Waals surface area (Å²) in [6.45, 7) is 0.782. The Balaban J connectivity index is 2.48. The number of hydrogen-bond donors (Lipinski definition) is 1. The first-order valence-corrected chi connectivity index (χ1v) is 9.10. The predicted molar refractivity (Wildman–Crippen MR) is 83.3 cm³/mol. The number of thioether (sulfide) groups is 1. The van der Waals surface area contributed by atoms with E-state index in [1.165, 1.54) is 22.5 Å². The first-order chi connectivity index (χ1) is 9.96. The Morgan fingerprint density at radius 1 is 1.33 bits per heavy atom. The molecule has 2 rings (SSSR count). The maximum Gasteiger partial charge on any atom is 0.289 e. The molecule has 21 heavy (non-hydrogen) atoms. The molecule has 0 unspecified atom stereocenters. The van der Waals surface area contributed by atoms with Gasteiger partial charge in [0.15, 0.2) is 4.90 Å². The summed E-state index contributed by atoms with van der Waals surface area (Å²) in [5.74, 6) is 1.61. The van der Waals surface area contributed by atoms with Crippen molar-refractivity contribution >= 4 is 33.2 Å². The summed E-state index contributed by atoms with van der Waals surface area (Å²) in [6.07, 6.45) is 0.753. The van der Waals surface area contributed by atoms with E-state index in [1.54, 1.807) is 18.8 Å². The first-order valence-electron chi connectivity index (χ1n) is 6.51. The molecular weight excluding hydrogens is 314 g/mol. The Labute approximate surface area is 127 Å². The molecule has 1 aromatic carbocycles. The highest BCUT2D eigenvalue weighted by atomic mass is 32.2. The zero-order valence-electron chi connectivity index (χ0n) is 11.6. The van der Waals surface area contributed by atoms with Gasteiger partial charge >= 0.3 is 0 Å². The molecular formula is C12H17N3O4S2. The van der Waals surface area contributed by atoms with Gasteiger partial charge in [0.1, 0.15) is 0 Å². The van der Waals surface area contributed by atoms with Crippen LogP contribution in [-0.2, 0) is 10.0 Å². The molecule has 0 aromatic heterocycles. The van der Waals surface area contributed by atoms with Crippen molar-refractivity contribution in [1.82, 2.24) is 4.31 Å². The van der Waals surface area contributed by atoms with Gasteiger partial charge in [-0.15, -0.1) is 0 Å². The van der Waals surface area contributed by atoms with Gasteiger partial charge in [-0.05, 0) is 24.3 Å². The molecule has 0 amide bonds. The minimum Gasteiger partial charge on any atom is -0.388 e. The van der Waals surface area contributed by atoms with Crippen LogP contribution in [0.5, 0.6) is 0 Å². The summed E-state index contributed by atoms with van der Waals surface area (Å²) in [4.78, 5) is 10.2. The normalized spacial score (nSPS) is 17.2. The van der Waals surface area contributed by atoms with Crippen LogP contribution < -0.4 is 5.32 Å². The number of anilines is 1. The lowest BCUT2D eigenvalue weighted by Crippen LogP contribution is -2.33. The van der Waals surface area contributed by atoms with E-state index >= 15 is 0 Å². The third-order valence-electron chi connectivity index (χ3n) is 3.24. The highest BCUT2D eigenvalue weighted by Gasteiger charge is 2.32. The molecule has 0 saturated carbocycles. The van der Waals surface area contributed by atoms with Gasteiger partial charge in [0, 0.05) is 37.6 Å². The number of hydrogen-bond acceptors (Lipinski definition) is 6. The fourth-order valence-corrected chi connectivity index (χ4v) is 4.79. The summed E-state index contributed by atoms with van der Waals surface area (Å²) in [5, 5.41) is 13.9. The molecule has 1 heterocycles. The Morgan fingerprint density at radius 3 is 2.76 bits per heavy atom. The van der Waals surface area contributed by atoms with Gasteiger partial charge in [-0.25, -0.2) is 8.42 Å². The van der Waals surface area contributed by atoms with Crippen molar-refractivity contribution in [2.45, 2.75) is 11.3 Å². The lowest BCUT2D eigenvalue weighted by molar-refractivity contribution is -0.387. The van der Waals surface area contributed by atoms with Gasteiger partial charge in [-0.1, -0.05) is 0 Å². The Morgan fingerprint density at radius 2 is 2.10 bits per heavy atom. The van der Waals surface area contributed by atoms with E-state index in [9.17, 15) is 18.5 Å². The molecule has 1 aromatic rings. The second kappa shape index (κ2) is 6.63. The van der Waals surface area contributed by atoms with Crippen molar-refractivity contribution in [3.63, 3.8) is 0 Å². The largest absolute Gasteiger partial charge is 0.388 e. The van der Waals surface area contributed by atoms with Crippen LogP contribution in [0.1, 0.15) is 6.42 Å². The van der Waals surface area contributed by atoms with E-state index < -0.39 is 14.9 Å². The summed E-state index contributed by atoms with van der Waals surface area (Å²) in [7, 11) is -2.22. The molecule has 7 nitrogen and oxygen atoms in total. The molecule has 0 spiro atoms. The van der Waals surface area contributed by atoms with Crippen LogP contribution in [0, 0.1) is 10.1 Å². The Hall–Kier alpha value is -1.32. The molecule has 9 heteroatoms. The molecule has 0 radical (unpaired) electrons. The molecule has 0 atom stereocenters. The van der Waals surface area contributed by atoms with E-state index in [2.05, 4.69) is 5.32 Å². The molecule has 1 N–H and O–H groups in total. The maximum atomic E-state index is 12.7. The van der Waals surface area contributed by atoms with Gasteiger partial charge in [0.25, 0.3) is 5.69 Å². The quantitative estimate of drug-likeness (QED) is 0.667. The molecule has 0 bridgehead atoms. The maximum absolute atomic E-state index is 12.7. The molecule has 1 fully saturated rings. The van der Waals surface area contributed by atoms with Crippen LogP contribution in [0.3, 0.4) is 0 Å². The zero-order chi connectivity index (χ0) is 15.5. The molecule has 1 saturated heterocycles. The third kappa shape index (κ3) is 3.47.